The molecule has 0 aromatic heterocycles. The fourth-order valence-electron chi connectivity index (χ4n) is 3.05. The lowest BCUT2D eigenvalue weighted by Gasteiger charge is -2.39. The van der Waals surface area contributed by atoms with Crippen molar-refractivity contribution in [2.45, 2.75) is 77.5 Å². The van der Waals surface area contributed by atoms with Crippen LogP contribution in [-0.2, 0) is 41.9 Å². The normalized spacial score (nSPS) is 16.4. The van der Waals surface area contributed by atoms with Crippen LogP contribution in [0.25, 0.3) is 0 Å². The van der Waals surface area contributed by atoms with E-state index in [1.54, 1.807) is 41.5 Å². The summed E-state index contributed by atoms with van der Waals surface area (Å²) in [5.41, 5.74) is -0.114. The molecule has 2 aromatic carbocycles. The van der Waals surface area contributed by atoms with Gasteiger partial charge in [-0.15, -0.1) is 0 Å². The molecule has 0 aliphatic heterocycles. The fourth-order valence-corrected chi connectivity index (χ4v) is 3.05. The second-order valence-corrected chi connectivity index (χ2v) is 9.47. The average molecular weight is 451 g/mol. The summed E-state index contributed by atoms with van der Waals surface area (Å²) in [6, 6.07) is 18.3. The van der Waals surface area contributed by atoms with Crippen molar-refractivity contribution in [3.05, 3.63) is 71.8 Å². The highest BCUT2D eigenvalue weighted by atomic mass is 17.4. The van der Waals surface area contributed by atoms with Crippen molar-refractivity contribution in [2.75, 3.05) is 0 Å². The molecule has 178 valence electrons. The minimum atomic E-state index is -2.08. The van der Waals surface area contributed by atoms with Crippen LogP contribution in [0, 0.1) is 0 Å². The van der Waals surface area contributed by atoms with Gasteiger partial charge in [-0.05, 0) is 52.7 Å². The third kappa shape index (κ3) is 8.57. The summed E-state index contributed by atoms with van der Waals surface area (Å²) in [5.74, 6) is -4.16. The van der Waals surface area contributed by atoms with E-state index in [1.165, 1.54) is 0 Å². The molecule has 2 unspecified atom stereocenters. The minimum absolute atomic E-state index is 0.0377. The lowest BCUT2D eigenvalue weighted by molar-refractivity contribution is -0.655. The first-order valence-corrected chi connectivity index (χ1v) is 10.4. The SMILES string of the molecule is CC(C)(C)OC(Cc1ccccc1)(OO)OOC(Cc1ccccc1)(OO)OC(C)(C)C. The predicted octanol–water partition coefficient (Wildman–Crippen LogP) is 5.34. The highest BCUT2D eigenvalue weighted by Crippen LogP contribution is 2.33. The Morgan fingerprint density at radius 1 is 0.562 bits per heavy atom. The molecule has 0 radical (unpaired) electrons. The zero-order valence-electron chi connectivity index (χ0n) is 19.5. The summed E-state index contributed by atoms with van der Waals surface area (Å²) < 4.78 is 11.8. The van der Waals surface area contributed by atoms with Gasteiger partial charge in [0.25, 0.3) is 0 Å². The van der Waals surface area contributed by atoms with E-state index in [2.05, 4.69) is 9.78 Å². The Bertz CT molecular complexity index is 731. The lowest BCUT2D eigenvalue weighted by atomic mass is 10.1. The minimum Gasteiger partial charge on any atom is -0.318 e. The Morgan fingerprint density at radius 3 is 1.12 bits per heavy atom. The average Bonchev–Trinajstić information content (AvgIpc) is 2.71. The molecule has 2 rings (SSSR count). The molecule has 0 saturated heterocycles. The zero-order chi connectivity index (χ0) is 23.9. The van der Waals surface area contributed by atoms with Gasteiger partial charge in [-0.2, -0.15) is 19.6 Å². The predicted molar refractivity (Wildman–Crippen MR) is 117 cm³/mol. The molecule has 0 saturated carbocycles. The van der Waals surface area contributed by atoms with Gasteiger partial charge in [0, 0.05) is 0 Å². The number of rotatable bonds is 11. The molecule has 32 heavy (non-hydrogen) atoms. The summed E-state index contributed by atoms with van der Waals surface area (Å²) in [6.07, 6.45) is -0.0754. The molecular weight excluding hydrogens is 416 g/mol. The van der Waals surface area contributed by atoms with Crippen LogP contribution in [0.2, 0.25) is 0 Å². The molecule has 0 aliphatic carbocycles. The van der Waals surface area contributed by atoms with Crippen LogP contribution in [0.4, 0.5) is 0 Å². The highest BCUT2D eigenvalue weighted by Gasteiger charge is 2.47. The van der Waals surface area contributed by atoms with Crippen molar-refractivity contribution in [3.63, 3.8) is 0 Å². The Morgan fingerprint density at radius 2 is 0.875 bits per heavy atom. The van der Waals surface area contributed by atoms with Crippen LogP contribution in [-0.4, -0.2) is 33.7 Å². The van der Waals surface area contributed by atoms with Crippen molar-refractivity contribution >= 4 is 0 Å². The van der Waals surface area contributed by atoms with Gasteiger partial charge in [-0.3, -0.25) is 0 Å². The number of benzene rings is 2. The van der Waals surface area contributed by atoms with Crippen LogP contribution in [0.1, 0.15) is 52.7 Å². The molecule has 8 nitrogen and oxygen atoms in total. The zero-order valence-corrected chi connectivity index (χ0v) is 19.5. The third-order valence-corrected chi connectivity index (χ3v) is 4.02. The van der Waals surface area contributed by atoms with Gasteiger partial charge in [0.15, 0.2) is 0 Å². The van der Waals surface area contributed by atoms with E-state index < -0.39 is 23.1 Å². The molecule has 0 spiro atoms. The van der Waals surface area contributed by atoms with E-state index in [9.17, 15) is 10.5 Å². The second-order valence-electron chi connectivity index (χ2n) is 9.47. The van der Waals surface area contributed by atoms with Crippen LogP contribution < -0.4 is 0 Å². The molecule has 2 atom stereocenters. The molecule has 0 fully saturated rings. The van der Waals surface area contributed by atoms with Gasteiger partial charge in [0.1, 0.15) is 0 Å². The molecule has 0 amide bonds. The number of hydrogen-bond donors (Lipinski definition) is 2. The van der Waals surface area contributed by atoms with E-state index >= 15 is 0 Å². The van der Waals surface area contributed by atoms with Gasteiger partial charge in [0.05, 0.1) is 24.0 Å². The van der Waals surface area contributed by atoms with E-state index in [4.69, 9.17) is 19.2 Å². The van der Waals surface area contributed by atoms with Crippen molar-refractivity contribution < 1.29 is 39.5 Å². The van der Waals surface area contributed by atoms with Crippen molar-refractivity contribution in [1.29, 1.82) is 0 Å². The first kappa shape index (κ1) is 26.4. The summed E-state index contributed by atoms with van der Waals surface area (Å²) in [7, 11) is 0. The summed E-state index contributed by atoms with van der Waals surface area (Å²) in [5, 5.41) is 19.6. The maximum atomic E-state index is 9.82. The summed E-state index contributed by atoms with van der Waals surface area (Å²) >= 11 is 0. The van der Waals surface area contributed by atoms with E-state index in [-0.39, 0.29) is 12.8 Å². The first-order chi connectivity index (χ1) is 14.9. The maximum Gasteiger partial charge on any atom is 0.344 e. The quantitative estimate of drug-likeness (QED) is 0.269. The second kappa shape index (κ2) is 10.8. The third-order valence-electron chi connectivity index (χ3n) is 4.02. The Kier molecular flexibility index (Phi) is 8.92. The van der Waals surface area contributed by atoms with Crippen LogP contribution in [0.5, 0.6) is 0 Å². The van der Waals surface area contributed by atoms with Crippen molar-refractivity contribution in [2.24, 2.45) is 0 Å². The smallest absolute Gasteiger partial charge is 0.318 e. The first-order valence-electron chi connectivity index (χ1n) is 10.4. The molecular formula is C24H34O8. The van der Waals surface area contributed by atoms with E-state index in [0.717, 1.165) is 11.1 Å². The standard InChI is InChI=1S/C24H34O8/c1-21(2,3)27-23(29-25,17-19-13-9-7-10-14-19)31-32-24(30-26,28-22(4,5)6)18-20-15-11-8-12-16-20/h7-16,25-26H,17-18H2,1-6H3. The fraction of sp³-hybridized carbons (Fsp3) is 0.500. The molecule has 0 heterocycles. The Labute approximate surface area is 189 Å². The molecule has 2 aromatic rings. The van der Waals surface area contributed by atoms with Gasteiger partial charge in [-0.1, -0.05) is 60.7 Å². The Balaban J connectivity index is 2.36. The molecule has 2 N–H and O–H groups in total. The molecule has 0 aliphatic rings. The summed E-state index contributed by atoms with van der Waals surface area (Å²) in [4.78, 5) is 20.4. The Hall–Kier alpha value is -1.88. The lowest BCUT2D eigenvalue weighted by Crippen LogP contribution is -2.52. The van der Waals surface area contributed by atoms with Crippen LogP contribution >= 0.6 is 0 Å². The largest absolute Gasteiger partial charge is 0.344 e. The van der Waals surface area contributed by atoms with Crippen LogP contribution in [0.15, 0.2) is 60.7 Å². The maximum absolute atomic E-state index is 9.82. The van der Waals surface area contributed by atoms with Gasteiger partial charge in [0.2, 0.25) is 0 Å². The van der Waals surface area contributed by atoms with Crippen molar-refractivity contribution in [1.82, 2.24) is 0 Å². The number of ether oxygens (including phenoxy) is 2. The van der Waals surface area contributed by atoms with Gasteiger partial charge >= 0.3 is 11.9 Å². The summed E-state index contributed by atoms with van der Waals surface area (Å²) in [6.45, 7) is 10.6. The molecule has 0 bridgehead atoms. The van der Waals surface area contributed by atoms with Crippen molar-refractivity contribution in [3.8, 4) is 0 Å². The number of hydrogen-bond acceptors (Lipinski definition) is 8. The van der Waals surface area contributed by atoms with Gasteiger partial charge in [-0.25, -0.2) is 10.5 Å². The monoisotopic (exact) mass is 450 g/mol. The topological polar surface area (TPSA) is 95.8 Å². The van der Waals surface area contributed by atoms with Gasteiger partial charge < -0.3 is 9.47 Å². The van der Waals surface area contributed by atoms with Crippen LogP contribution in [0.3, 0.4) is 0 Å². The molecule has 8 heteroatoms. The van der Waals surface area contributed by atoms with E-state index in [1.807, 2.05) is 60.7 Å². The van der Waals surface area contributed by atoms with E-state index in [0.29, 0.717) is 0 Å². The highest BCUT2D eigenvalue weighted by molar-refractivity contribution is 5.16.